The van der Waals surface area contributed by atoms with Gasteiger partial charge in [0.15, 0.2) is 9.84 Å². The molecule has 9 heteroatoms. The number of nitrogens with zero attached hydrogens (tertiary/aromatic N) is 1. The van der Waals surface area contributed by atoms with Crippen LogP contribution in [0.5, 0.6) is 0 Å². The highest BCUT2D eigenvalue weighted by molar-refractivity contribution is 7.90. The molecule has 0 saturated heterocycles. The maximum atomic E-state index is 12.2. The van der Waals surface area contributed by atoms with Crippen LogP contribution in [0.15, 0.2) is 45.9 Å². The first-order chi connectivity index (χ1) is 10.6. The van der Waals surface area contributed by atoms with Crippen LogP contribution in [0.4, 0.5) is 0 Å². The van der Waals surface area contributed by atoms with Crippen LogP contribution in [0.3, 0.4) is 0 Å². The van der Waals surface area contributed by atoms with Gasteiger partial charge in [0.05, 0.1) is 5.75 Å². The van der Waals surface area contributed by atoms with Gasteiger partial charge >= 0.3 is 0 Å². The van der Waals surface area contributed by atoms with E-state index in [0.717, 1.165) is 4.31 Å². The third-order valence-electron chi connectivity index (χ3n) is 3.03. The lowest BCUT2D eigenvalue weighted by molar-refractivity contribution is 0.406. The van der Waals surface area contributed by atoms with Gasteiger partial charge < -0.3 is 4.42 Å². The van der Waals surface area contributed by atoms with Gasteiger partial charge in [-0.2, -0.15) is 0 Å². The molecule has 0 aliphatic carbocycles. The lowest BCUT2D eigenvalue weighted by atomic mass is 10.2. The van der Waals surface area contributed by atoms with Crippen LogP contribution in [0.1, 0.15) is 11.3 Å². The zero-order valence-corrected chi connectivity index (χ0v) is 15.0. The summed E-state index contributed by atoms with van der Waals surface area (Å²) in [5.41, 5.74) is 0.599. The Morgan fingerprint density at radius 2 is 1.57 bits per heavy atom. The number of sulfone groups is 1. The molecule has 0 unspecified atom stereocenters. The van der Waals surface area contributed by atoms with E-state index in [1.165, 1.54) is 26.2 Å². The molecule has 6 nitrogen and oxygen atoms in total. The van der Waals surface area contributed by atoms with Gasteiger partial charge in [0.2, 0.25) is 5.09 Å². The van der Waals surface area contributed by atoms with E-state index in [-0.39, 0.29) is 22.4 Å². The maximum Gasteiger partial charge on any atom is 0.275 e. The summed E-state index contributed by atoms with van der Waals surface area (Å²) >= 11 is 5.76. The van der Waals surface area contributed by atoms with Crippen LogP contribution in [0.25, 0.3) is 0 Å². The molecule has 0 fully saturated rings. The molecule has 126 valence electrons. The summed E-state index contributed by atoms with van der Waals surface area (Å²) in [5.74, 6) is -0.474. The standard InChI is InChI=1S/C14H16ClNO5S2/c1-16(2)23(19,20)14-8-7-13(21-14)10-22(17,18)9-11-3-5-12(15)6-4-11/h3-8H,9-10H2,1-2H3. The smallest absolute Gasteiger partial charge is 0.275 e. The van der Waals surface area contributed by atoms with Crippen LogP contribution in [0, 0.1) is 0 Å². The lowest BCUT2D eigenvalue weighted by Gasteiger charge is -2.08. The third kappa shape index (κ3) is 4.57. The molecule has 0 atom stereocenters. The molecular weight excluding hydrogens is 362 g/mol. The summed E-state index contributed by atoms with van der Waals surface area (Å²) in [6.07, 6.45) is 0. The van der Waals surface area contributed by atoms with Gasteiger partial charge in [-0.25, -0.2) is 21.1 Å². The minimum atomic E-state index is -3.72. The maximum absolute atomic E-state index is 12.2. The Bertz CT molecular complexity index is 884. The summed E-state index contributed by atoms with van der Waals surface area (Å²) in [7, 11) is -4.48. The Morgan fingerprint density at radius 3 is 2.13 bits per heavy atom. The van der Waals surface area contributed by atoms with Crippen molar-refractivity contribution < 1.29 is 21.3 Å². The minimum Gasteiger partial charge on any atom is -0.447 e. The van der Waals surface area contributed by atoms with Crippen LogP contribution in [0.2, 0.25) is 5.02 Å². The molecule has 2 rings (SSSR count). The van der Waals surface area contributed by atoms with Crippen LogP contribution in [-0.2, 0) is 31.4 Å². The van der Waals surface area contributed by atoms with Crippen molar-refractivity contribution in [1.82, 2.24) is 4.31 Å². The first-order valence-electron chi connectivity index (χ1n) is 6.56. The second-order valence-electron chi connectivity index (χ2n) is 5.17. The summed E-state index contributed by atoms with van der Waals surface area (Å²) in [5, 5.41) is 0.245. The van der Waals surface area contributed by atoms with Gasteiger partial charge in [0.25, 0.3) is 10.0 Å². The van der Waals surface area contributed by atoms with Crippen LogP contribution >= 0.6 is 11.6 Å². The minimum absolute atomic E-state index is 0.0828. The van der Waals surface area contributed by atoms with Gasteiger partial charge in [0, 0.05) is 19.1 Å². The third-order valence-corrected chi connectivity index (χ3v) is 6.47. The molecule has 0 spiro atoms. The Labute approximate surface area is 140 Å². The predicted molar refractivity (Wildman–Crippen MR) is 87.4 cm³/mol. The van der Waals surface area contributed by atoms with E-state index in [1.54, 1.807) is 24.3 Å². The zero-order chi connectivity index (χ0) is 17.3. The molecule has 23 heavy (non-hydrogen) atoms. The number of halogens is 1. The summed E-state index contributed by atoms with van der Waals surface area (Å²) in [6, 6.07) is 9.09. The molecule has 0 N–H and O–H groups in total. The van der Waals surface area contributed by atoms with E-state index in [4.69, 9.17) is 16.0 Å². The number of sulfonamides is 1. The fraction of sp³-hybridized carbons (Fsp3) is 0.286. The average molecular weight is 378 g/mol. The van der Waals surface area contributed by atoms with E-state index in [1.807, 2.05) is 0 Å². The van der Waals surface area contributed by atoms with Crippen molar-refractivity contribution in [3.05, 3.63) is 52.7 Å². The van der Waals surface area contributed by atoms with E-state index < -0.39 is 19.9 Å². The van der Waals surface area contributed by atoms with E-state index >= 15 is 0 Å². The average Bonchev–Trinajstić information content (AvgIpc) is 2.89. The molecule has 1 aromatic carbocycles. The van der Waals surface area contributed by atoms with Crippen molar-refractivity contribution in [1.29, 1.82) is 0 Å². The Hall–Kier alpha value is -1.35. The van der Waals surface area contributed by atoms with E-state index in [0.29, 0.717) is 10.6 Å². The Morgan fingerprint density at radius 1 is 0.957 bits per heavy atom. The summed E-state index contributed by atoms with van der Waals surface area (Å²) in [4.78, 5) is 0. The molecule has 1 heterocycles. The molecule has 2 aromatic rings. The fourth-order valence-corrected chi connectivity index (χ4v) is 4.19. The zero-order valence-electron chi connectivity index (χ0n) is 12.6. The van der Waals surface area contributed by atoms with Gasteiger partial charge in [-0.05, 0) is 29.8 Å². The van der Waals surface area contributed by atoms with Gasteiger partial charge in [0.1, 0.15) is 11.5 Å². The van der Waals surface area contributed by atoms with Crippen molar-refractivity contribution in [2.75, 3.05) is 14.1 Å². The van der Waals surface area contributed by atoms with Crippen LogP contribution in [-0.4, -0.2) is 35.2 Å². The number of hydrogen-bond acceptors (Lipinski definition) is 5. The van der Waals surface area contributed by atoms with Crippen LogP contribution < -0.4 is 0 Å². The molecule has 0 saturated carbocycles. The SMILES string of the molecule is CN(C)S(=O)(=O)c1ccc(CS(=O)(=O)Cc2ccc(Cl)cc2)o1. The largest absolute Gasteiger partial charge is 0.447 e. The fourth-order valence-electron chi connectivity index (χ4n) is 1.86. The molecule has 0 amide bonds. The second kappa shape index (κ2) is 6.64. The number of benzene rings is 1. The van der Waals surface area contributed by atoms with E-state index in [2.05, 4.69) is 0 Å². The number of rotatable bonds is 6. The summed E-state index contributed by atoms with van der Waals surface area (Å²) < 4.78 is 54.4. The topological polar surface area (TPSA) is 84.7 Å². The predicted octanol–water partition coefficient (Wildman–Crippen LogP) is 2.30. The first kappa shape index (κ1) is 18.0. The molecule has 1 aromatic heterocycles. The van der Waals surface area contributed by atoms with Gasteiger partial charge in [-0.3, -0.25) is 0 Å². The van der Waals surface area contributed by atoms with Crippen molar-refractivity contribution in [3.8, 4) is 0 Å². The molecule has 0 bridgehead atoms. The van der Waals surface area contributed by atoms with Crippen molar-refractivity contribution >= 4 is 31.5 Å². The van der Waals surface area contributed by atoms with E-state index in [9.17, 15) is 16.8 Å². The molecular formula is C14H16ClNO5S2. The van der Waals surface area contributed by atoms with Gasteiger partial charge in [-0.15, -0.1) is 0 Å². The lowest BCUT2D eigenvalue weighted by Crippen LogP contribution is -2.21. The monoisotopic (exact) mass is 377 g/mol. The number of furan rings is 1. The number of hydrogen-bond donors (Lipinski definition) is 0. The molecule has 0 aliphatic heterocycles. The highest BCUT2D eigenvalue weighted by Gasteiger charge is 2.23. The highest BCUT2D eigenvalue weighted by atomic mass is 35.5. The van der Waals surface area contributed by atoms with Crippen molar-refractivity contribution in [3.63, 3.8) is 0 Å². The summed E-state index contributed by atoms with van der Waals surface area (Å²) in [6.45, 7) is 0. The first-order valence-corrected chi connectivity index (χ1v) is 10.2. The van der Waals surface area contributed by atoms with Crippen molar-refractivity contribution in [2.24, 2.45) is 0 Å². The van der Waals surface area contributed by atoms with Gasteiger partial charge in [-0.1, -0.05) is 23.7 Å². The second-order valence-corrected chi connectivity index (χ2v) is 9.75. The highest BCUT2D eigenvalue weighted by Crippen LogP contribution is 2.20. The van der Waals surface area contributed by atoms with Crippen molar-refractivity contribution in [2.45, 2.75) is 16.6 Å². The quantitative estimate of drug-likeness (QED) is 0.771. The molecule has 0 aliphatic rings. The Balaban J connectivity index is 2.15. The molecule has 0 radical (unpaired) electrons. The Kier molecular flexibility index (Phi) is 5.20. The normalized spacial score (nSPS) is 12.7.